The predicted octanol–water partition coefficient (Wildman–Crippen LogP) is 4.22. The van der Waals surface area contributed by atoms with Gasteiger partial charge in [-0.15, -0.1) is 0 Å². The van der Waals surface area contributed by atoms with Crippen LogP contribution in [0.4, 0.5) is 11.5 Å². The van der Waals surface area contributed by atoms with Gasteiger partial charge in [0.15, 0.2) is 0 Å². The highest BCUT2D eigenvalue weighted by Gasteiger charge is 2.12. The van der Waals surface area contributed by atoms with Gasteiger partial charge in [-0.05, 0) is 31.0 Å². The molecule has 0 unspecified atom stereocenters. The molecule has 0 aliphatic rings. The van der Waals surface area contributed by atoms with Gasteiger partial charge in [0, 0.05) is 17.6 Å². The highest BCUT2D eigenvalue weighted by Crippen LogP contribution is 2.28. The molecule has 1 aromatic carbocycles. The summed E-state index contributed by atoms with van der Waals surface area (Å²) in [6, 6.07) is 6.67. The molecule has 0 fully saturated rings. The van der Waals surface area contributed by atoms with Crippen molar-refractivity contribution in [3.05, 3.63) is 45.8 Å². The van der Waals surface area contributed by atoms with Crippen molar-refractivity contribution < 1.29 is 4.79 Å². The standard InChI is InChI=1S/C16H18Cl2N4O/c1-9(2)8-19-16(23)14-7-15(21-10(3)20-14)22-13-6-11(17)4-5-12(13)18/h4-7,9H,8H2,1-3H3,(H,19,23)(H,20,21,22). The van der Waals surface area contributed by atoms with E-state index in [-0.39, 0.29) is 5.91 Å². The summed E-state index contributed by atoms with van der Waals surface area (Å²) in [4.78, 5) is 20.6. The molecule has 1 heterocycles. The van der Waals surface area contributed by atoms with Gasteiger partial charge < -0.3 is 10.6 Å². The highest BCUT2D eigenvalue weighted by molar-refractivity contribution is 6.35. The number of anilines is 2. The Hall–Kier alpha value is -1.85. The van der Waals surface area contributed by atoms with Crippen molar-refractivity contribution in [3.8, 4) is 0 Å². The van der Waals surface area contributed by atoms with E-state index < -0.39 is 0 Å². The van der Waals surface area contributed by atoms with Gasteiger partial charge in [-0.3, -0.25) is 4.79 Å². The van der Waals surface area contributed by atoms with E-state index in [0.717, 1.165) is 0 Å². The zero-order valence-electron chi connectivity index (χ0n) is 13.2. The molecule has 7 heteroatoms. The Morgan fingerprint density at radius 2 is 1.96 bits per heavy atom. The Bertz CT molecular complexity index is 719. The van der Waals surface area contributed by atoms with Crippen LogP contribution >= 0.6 is 23.2 Å². The number of aromatic nitrogens is 2. The van der Waals surface area contributed by atoms with Crippen molar-refractivity contribution >= 4 is 40.6 Å². The van der Waals surface area contributed by atoms with Gasteiger partial charge in [0.2, 0.25) is 0 Å². The minimum absolute atomic E-state index is 0.232. The maximum absolute atomic E-state index is 12.2. The van der Waals surface area contributed by atoms with E-state index in [9.17, 15) is 4.79 Å². The Labute approximate surface area is 145 Å². The van der Waals surface area contributed by atoms with E-state index in [1.165, 1.54) is 0 Å². The van der Waals surface area contributed by atoms with Gasteiger partial charge in [0.25, 0.3) is 5.91 Å². The molecule has 0 saturated carbocycles. The second-order valence-corrected chi connectivity index (χ2v) is 6.38. The first-order valence-corrected chi connectivity index (χ1v) is 7.96. The summed E-state index contributed by atoms with van der Waals surface area (Å²) in [5.74, 6) is 1.10. The van der Waals surface area contributed by atoms with E-state index in [2.05, 4.69) is 20.6 Å². The smallest absolute Gasteiger partial charge is 0.270 e. The average molecular weight is 353 g/mol. The summed E-state index contributed by atoms with van der Waals surface area (Å²) >= 11 is 12.1. The molecule has 0 aliphatic heterocycles. The molecule has 2 N–H and O–H groups in total. The fourth-order valence-corrected chi connectivity index (χ4v) is 2.20. The normalized spacial score (nSPS) is 10.7. The molecule has 0 spiro atoms. The number of nitrogens with one attached hydrogen (secondary N) is 2. The summed E-state index contributed by atoms with van der Waals surface area (Å²) in [6.45, 7) is 6.37. The van der Waals surface area contributed by atoms with Crippen molar-refractivity contribution in [1.82, 2.24) is 15.3 Å². The first-order valence-electron chi connectivity index (χ1n) is 7.21. The molecule has 5 nitrogen and oxygen atoms in total. The Kier molecular flexibility index (Phi) is 5.80. The van der Waals surface area contributed by atoms with Gasteiger partial charge in [-0.2, -0.15) is 0 Å². The van der Waals surface area contributed by atoms with Gasteiger partial charge >= 0.3 is 0 Å². The van der Waals surface area contributed by atoms with Crippen molar-refractivity contribution in [2.24, 2.45) is 5.92 Å². The van der Waals surface area contributed by atoms with E-state index in [1.54, 1.807) is 31.2 Å². The lowest BCUT2D eigenvalue weighted by Gasteiger charge is -2.11. The third-order valence-electron chi connectivity index (χ3n) is 2.93. The molecule has 2 aromatic rings. The number of carbonyl (C=O) groups is 1. The molecular formula is C16H18Cl2N4O. The first-order chi connectivity index (χ1) is 10.8. The number of hydrogen-bond donors (Lipinski definition) is 2. The van der Waals surface area contributed by atoms with Gasteiger partial charge in [0.1, 0.15) is 17.3 Å². The number of halogens is 2. The summed E-state index contributed by atoms with van der Waals surface area (Å²) in [7, 11) is 0. The second-order valence-electron chi connectivity index (χ2n) is 5.54. The zero-order chi connectivity index (χ0) is 17.0. The lowest BCUT2D eigenvalue weighted by Crippen LogP contribution is -2.28. The van der Waals surface area contributed by atoms with Crippen molar-refractivity contribution in [1.29, 1.82) is 0 Å². The maximum Gasteiger partial charge on any atom is 0.270 e. The van der Waals surface area contributed by atoms with Crippen LogP contribution < -0.4 is 10.6 Å². The number of hydrogen-bond acceptors (Lipinski definition) is 4. The first kappa shape index (κ1) is 17.5. The SMILES string of the molecule is Cc1nc(Nc2cc(Cl)ccc2Cl)cc(C(=O)NCC(C)C)n1. The number of rotatable bonds is 5. The van der Waals surface area contributed by atoms with Crippen LogP contribution in [-0.4, -0.2) is 22.4 Å². The minimum Gasteiger partial charge on any atom is -0.350 e. The Morgan fingerprint density at radius 1 is 1.22 bits per heavy atom. The number of amides is 1. The van der Waals surface area contributed by atoms with E-state index in [1.807, 2.05) is 13.8 Å². The fourth-order valence-electron chi connectivity index (χ4n) is 1.87. The minimum atomic E-state index is -0.232. The molecule has 1 amide bonds. The van der Waals surface area contributed by atoms with Crippen LogP contribution in [0.15, 0.2) is 24.3 Å². The van der Waals surface area contributed by atoms with Gasteiger partial charge in [-0.25, -0.2) is 9.97 Å². The summed E-state index contributed by atoms with van der Waals surface area (Å²) in [5, 5.41) is 6.96. The van der Waals surface area contributed by atoms with Crippen LogP contribution in [-0.2, 0) is 0 Å². The molecule has 1 aromatic heterocycles. The Morgan fingerprint density at radius 3 is 2.65 bits per heavy atom. The highest BCUT2D eigenvalue weighted by atomic mass is 35.5. The molecule has 0 atom stereocenters. The third-order valence-corrected chi connectivity index (χ3v) is 3.50. The van der Waals surface area contributed by atoms with Crippen molar-refractivity contribution in [3.63, 3.8) is 0 Å². The monoisotopic (exact) mass is 352 g/mol. The zero-order valence-corrected chi connectivity index (χ0v) is 14.7. The van der Waals surface area contributed by atoms with Crippen LogP contribution in [0.1, 0.15) is 30.2 Å². The van der Waals surface area contributed by atoms with E-state index in [4.69, 9.17) is 23.2 Å². The third kappa shape index (κ3) is 5.08. The van der Waals surface area contributed by atoms with Crippen molar-refractivity contribution in [2.45, 2.75) is 20.8 Å². The van der Waals surface area contributed by atoms with Crippen LogP contribution in [0.25, 0.3) is 0 Å². The second kappa shape index (κ2) is 7.62. The molecule has 122 valence electrons. The van der Waals surface area contributed by atoms with Crippen LogP contribution in [0, 0.1) is 12.8 Å². The number of carbonyl (C=O) groups excluding carboxylic acids is 1. The van der Waals surface area contributed by atoms with Crippen molar-refractivity contribution in [2.75, 3.05) is 11.9 Å². The Balaban J connectivity index is 2.23. The van der Waals surface area contributed by atoms with Gasteiger partial charge in [-0.1, -0.05) is 37.0 Å². The molecule has 0 radical (unpaired) electrons. The van der Waals surface area contributed by atoms with Crippen LogP contribution in [0.3, 0.4) is 0 Å². The topological polar surface area (TPSA) is 66.9 Å². The summed E-state index contributed by atoms with van der Waals surface area (Å²) in [5.41, 5.74) is 0.921. The lowest BCUT2D eigenvalue weighted by molar-refractivity contribution is 0.0943. The molecule has 2 rings (SSSR count). The fraction of sp³-hybridized carbons (Fsp3) is 0.312. The molecule has 0 saturated heterocycles. The summed E-state index contributed by atoms with van der Waals surface area (Å²) in [6.07, 6.45) is 0. The number of benzene rings is 1. The quantitative estimate of drug-likeness (QED) is 0.845. The average Bonchev–Trinajstić information content (AvgIpc) is 2.48. The molecule has 0 bridgehead atoms. The lowest BCUT2D eigenvalue weighted by atomic mass is 10.2. The van der Waals surface area contributed by atoms with Gasteiger partial charge in [0.05, 0.1) is 10.7 Å². The molecule has 0 aliphatic carbocycles. The van der Waals surface area contributed by atoms with E-state index in [0.29, 0.717) is 45.5 Å². The van der Waals surface area contributed by atoms with Crippen LogP contribution in [0.2, 0.25) is 10.0 Å². The molecular weight excluding hydrogens is 335 g/mol. The largest absolute Gasteiger partial charge is 0.350 e. The predicted molar refractivity (Wildman–Crippen MR) is 93.7 cm³/mol. The maximum atomic E-state index is 12.2. The van der Waals surface area contributed by atoms with E-state index >= 15 is 0 Å². The summed E-state index contributed by atoms with van der Waals surface area (Å²) < 4.78 is 0. The number of aryl methyl sites for hydroxylation is 1. The number of nitrogens with zero attached hydrogens (tertiary/aromatic N) is 2. The molecule has 23 heavy (non-hydrogen) atoms. The van der Waals surface area contributed by atoms with Crippen LogP contribution in [0.5, 0.6) is 0 Å².